The Bertz CT molecular complexity index is 507. The second-order valence-electron chi connectivity index (χ2n) is 2.81. The Hall–Kier alpha value is -1.61. The van der Waals surface area contributed by atoms with Gasteiger partial charge in [0.25, 0.3) is 5.56 Å². The van der Waals surface area contributed by atoms with Crippen LogP contribution in [0.15, 0.2) is 41.3 Å². The van der Waals surface area contributed by atoms with E-state index in [0.29, 0.717) is 5.02 Å². The van der Waals surface area contributed by atoms with Crippen LogP contribution in [0.4, 0.5) is 0 Å². The number of benzene rings is 1. The molecule has 1 heterocycles. The van der Waals surface area contributed by atoms with Crippen LogP contribution in [-0.4, -0.2) is 10.2 Å². The Morgan fingerprint density at radius 1 is 1.29 bits per heavy atom. The normalized spacial score (nSPS) is 10.1. The first-order valence-corrected chi connectivity index (χ1v) is 4.45. The van der Waals surface area contributed by atoms with Gasteiger partial charge in [-0.15, -0.1) is 0 Å². The van der Waals surface area contributed by atoms with Crippen molar-refractivity contribution in [1.29, 1.82) is 0 Å². The highest BCUT2D eigenvalue weighted by Crippen LogP contribution is 2.25. The molecular weight excluding hydrogens is 200 g/mol. The van der Waals surface area contributed by atoms with Gasteiger partial charge in [-0.25, -0.2) is 5.10 Å². The van der Waals surface area contributed by atoms with Gasteiger partial charge in [-0.1, -0.05) is 29.8 Å². The number of H-pyrrole nitrogens is 1. The van der Waals surface area contributed by atoms with Gasteiger partial charge in [0.2, 0.25) is 0 Å². The molecule has 14 heavy (non-hydrogen) atoms. The summed E-state index contributed by atoms with van der Waals surface area (Å²) < 4.78 is 0. The Kier molecular flexibility index (Phi) is 2.33. The molecule has 70 valence electrons. The summed E-state index contributed by atoms with van der Waals surface area (Å²) >= 11 is 5.97. The van der Waals surface area contributed by atoms with Crippen LogP contribution in [0, 0.1) is 0 Å². The lowest BCUT2D eigenvalue weighted by molar-refractivity contribution is 0.991. The third-order valence-electron chi connectivity index (χ3n) is 1.85. The van der Waals surface area contributed by atoms with Crippen LogP contribution < -0.4 is 5.56 Å². The molecule has 0 radical (unpaired) electrons. The van der Waals surface area contributed by atoms with Gasteiger partial charge in [0, 0.05) is 22.2 Å². The van der Waals surface area contributed by atoms with Crippen molar-refractivity contribution >= 4 is 11.6 Å². The Labute approximate surface area is 85.4 Å². The van der Waals surface area contributed by atoms with E-state index in [1.54, 1.807) is 12.3 Å². The molecule has 0 aliphatic heterocycles. The number of nitrogens with one attached hydrogen (secondary N) is 1. The minimum absolute atomic E-state index is 0.234. The van der Waals surface area contributed by atoms with E-state index in [9.17, 15) is 4.79 Å². The number of hydrogen-bond donors (Lipinski definition) is 1. The van der Waals surface area contributed by atoms with Gasteiger partial charge < -0.3 is 0 Å². The van der Waals surface area contributed by atoms with E-state index in [2.05, 4.69) is 10.2 Å². The molecule has 0 unspecified atom stereocenters. The van der Waals surface area contributed by atoms with Gasteiger partial charge in [-0.05, 0) is 6.07 Å². The summed E-state index contributed by atoms with van der Waals surface area (Å²) in [6.07, 6.45) is 1.57. The molecule has 0 aliphatic carbocycles. The maximum Gasteiger partial charge on any atom is 0.264 e. The zero-order valence-corrected chi connectivity index (χ0v) is 7.95. The number of hydrogen-bond acceptors (Lipinski definition) is 2. The van der Waals surface area contributed by atoms with E-state index < -0.39 is 0 Å². The van der Waals surface area contributed by atoms with E-state index in [1.807, 2.05) is 18.2 Å². The SMILES string of the molecule is O=c1cc(-c2ccccc2Cl)cn[nH]1. The fourth-order valence-corrected chi connectivity index (χ4v) is 1.46. The fourth-order valence-electron chi connectivity index (χ4n) is 1.22. The molecule has 0 aliphatic rings. The van der Waals surface area contributed by atoms with Crippen molar-refractivity contribution in [3.8, 4) is 11.1 Å². The summed E-state index contributed by atoms with van der Waals surface area (Å²) in [5.74, 6) is 0. The van der Waals surface area contributed by atoms with Crippen molar-refractivity contribution in [2.45, 2.75) is 0 Å². The molecule has 1 N–H and O–H groups in total. The third-order valence-corrected chi connectivity index (χ3v) is 2.18. The van der Waals surface area contributed by atoms with Crippen LogP contribution in [0.5, 0.6) is 0 Å². The molecule has 0 amide bonds. The third kappa shape index (κ3) is 1.67. The fraction of sp³-hybridized carbons (Fsp3) is 0. The van der Waals surface area contributed by atoms with Crippen molar-refractivity contribution in [3.05, 3.63) is 51.9 Å². The van der Waals surface area contributed by atoms with Crippen LogP contribution in [0.1, 0.15) is 0 Å². The highest BCUT2D eigenvalue weighted by molar-refractivity contribution is 6.33. The van der Waals surface area contributed by atoms with Gasteiger partial charge >= 0.3 is 0 Å². The van der Waals surface area contributed by atoms with Gasteiger partial charge in [0.15, 0.2) is 0 Å². The highest BCUT2D eigenvalue weighted by Gasteiger charge is 2.02. The van der Waals surface area contributed by atoms with Crippen molar-refractivity contribution in [2.24, 2.45) is 0 Å². The van der Waals surface area contributed by atoms with Crippen LogP contribution in [-0.2, 0) is 0 Å². The molecule has 0 bridgehead atoms. The van der Waals surface area contributed by atoms with E-state index in [0.717, 1.165) is 11.1 Å². The summed E-state index contributed by atoms with van der Waals surface area (Å²) in [5.41, 5.74) is 1.30. The van der Waals surface area contributed by atoms with Gasteiger partial charge in [-0.2, -0.15) is 5.10 Å². The van der Waals surface area contributed by atoms with Crippen LogP contribution in [0.2, 0.25) is 5.02 Å². The van der Waals surface area contributed by atoms with Gasteiger partial charge in [0.05, 0.1) is 6.20 Å². The standard InChI is InChI=1S/C10H7ClN2O/c11-9-4-2-1-3-8(9)7-5-10(14)13-12-6-7/h1-6H,(H,13,14). The molecule has 0 fully saturated rings. The molecule has 1 aromatic carbocycles. The summed E-state index contributed by atoms with van der Waals surface area (Å²) in [7, 11) is 0. The molecule has 3 nitrogen and oxygen atoms in total. The number of rotatable bonds is 1. The Morgan fingerprint density at radius 3 is 2.79 bits per heavy atom. The maximum atomic E-state index is 11.0. The average Bonchev–Trinajstić information content (AvgIpc) is 2.18. The number of nitrogens with zero attached hydrogens (tertiary/aromatic N) is 1. The first kappa shape index (κ1) is 8.97. The largest absolute Gasteiger partial charge is 0.268 e. The van der Waals surface area contributed by atoms with Crippen molar-refractivity contribution < 1.29 is 0 Å². The molecular formula is C10H7ClN2O. The van der Waals surface area contributed by atoms with Crippen molar-refractivity contribution in [2.75, 3.05) is 0 Å². The monoisotopic (exact) mass is 206 g/mol. The molecule has 4 heteroatoms. The first-order valence-electron chi connectivity index (χ1n) is 4.07. The molecule has 2 aromatic rings. The molecule has 0 spiro atoms. The molecule has 0 saturated carbocycles. The number of aromatic nitrogens is 2. The quantitative estimate of drug-likeness (QED) is 0.777. The topological polar surface area (TPSA) is 45.8 Å². The first-order chi connectivity index (χ1) is 6.77. The predicted octanol–water partition coefficient (Wildman–Crippen LogP) is 2.09. The lowest BCUT2D eigenvalue weighted by atomic mass is 10.1. The minimum atomic E-state index is -0.234. The molecule has 0 saturated heterocycles. The lowest BCUT2D eigenvalue weighted by Gasteiger charge is -2.01. The Balaban J connectivity index is 2.61. The minimum Gasteiger partial charge on any atom is -0.268 e. The number of halogens is 1. The smallest absolute Gasteiger partial charge is 0.264 e. The van der Waals surface area contributed by atoms with Crippen molar-refractivity contribution in [1.82, 2.24) is 10.2 Å². The van der Waals surface area contributed by atoms with Gasteiger partial charge in [-0.3, -0.25) is 4.79 Å². The highest BCUT2D eigenvalue weighted by atomic mass is 35.5. The molecule has 2 rings (SSSR count). The van der Waals surface area contributed by atoms with E-state index in [1.165, 1.54) is 6.07 Å². The zero-order valence-electron chi connectivity index (χ0n) is 7.20. The molecule has 0 atom stereocenters. The predicted molar refractivity (Wildman–Crippen MR) is 55.3 cm³/mol. The van der Waals surface area contributed by atoms with E-state index >= 15 is 0 Å². The molecule has 1 aromatic heterocycles. The number of aromatic amines is 1. The van der Waals surface area contributed by atoms with Crippen LogP contribution in [0.25, 0.3) is 11.1 Å². The average molecular weight is 207 g/mol. The Morgan fingerprint density at radius 2 is 2.07 bits per heavy atom. The van der Waals surface area contributed by atoms with Crippen LogP contribution in [0.3, 0.4) is 0 Å². The van der Waals surface area contributed by atoms with E-state index in [4.69, 9.17) is 11.6 Å². The second-order valence-corrected chi connectivity index (χ2v) is 3.22. The van der Waals surface area contributed by atoms with Crippen LogP contribution >= 0.6 is 11.6 Å². The summed E-state index contributed by atoms with van der Waals surface area (Å²) in [5, 5.41) is 6.63. The van der Waals surface area contributed by atoms with E-state index in [-0.39, 0.29) is 5.56 Å². The maximum absolute atomic E-state index is 11.0. The summed E-state index contributed by atoms with van der Waals surface area (Å²) in [6.45, 7) is 0. The second kappa shape index (κ2) is 3.64. The summed E-state index contributed by atoms with van der Waals surface area (Å²) in [4.78, 5) is 11.0. The van der Waals surface area contributed by atoms with Gasteiger partial charge in [0.1, 0.15) is 0 Å². The lowest BCUT2D eigenvalue weighted by Crippen LogP contribution is -2.05. The summed E-state index contributed by atoms with van der Waals surface area (Å²) in [6, 6.07) is 8.79. The zero-order chi connectivity index (χ0) is 9.97. The van der Waals surface area contributed by atoms with Crippen molar-refractivity contribution in [3.63, 3.8) is 0 Å².